The van der Waals surface area contributed by atoms with E-state index in [1.165, 1.54) is 23.6 Å². The number of aryl methyl sites for hydroxylation is 6. The van der Waals surface area contributed by atoms with Gasteiger partial charge in [0.25, 0.3) is 0 Å². The number of hydrogen-bond donors (Lipinski definition) is 6. The maximum atomic E-state index is 12.0. The van der Waals surface area contributed by atoms with E-state index in [1.54, 1.807) is 27.4 Å². The Morgan fingerprint density at radius 1 is 0.431 bits per heavy atom. The molecule has 2 fully saturated rings. The summed E-state index contributed by atoms with van der Waals surface area (Å²) in [5.41, 5.74) is 6.82. The number of benzene rings is 6. The summed E-state index contributed by atoms with van der Waals surface area (Å²) in [4.78, 5) is 92.0. The summed E-state index contributed by atoms with van der Waals surface area (Å²) in [5.74, 6) is 0.911. The minimum Gasteiger partial charge on any atom is -0.508 e. The van der Waals surface area contributed by atoms with Gasteiger partial charge in [-0.1, -0.05) is 91.0 Å². The molecule has 0 radical (unpaired) electrons. The molecule has 6 aromatic carbocycles. The SMILES string of the molecule is CC(=O)CCC(=O)O[C@H](CO)CN(C)C.CN(C)C[C@H](O)CO.COc1cccc(CCc2ccccc2O)c1.COc1cccc(CCc2ccccc2OC[C@@H](CN(C)C)OC(=O)CCC(=O)O)c1.COc1cccc(CCc2ccccc2OC[C@@H](O)CN(C)C)c1.O=C1CCC(=O)O1.O=C1CCC(=O)O1.[H+]. The normalized spacial score (nSPS) is 13.0. The van der Waals surface area contributed by atoms with Crippen molar-refractivity contribution in [2.45, 2.75) is 121 Å². The van der Waals surface area contributed by atoms with Gasteiger partial charge < -0.3 is 97.7 Å². The molecular weight excluding hydrogens is 1410 g/mol. The van der Waals surface area contributed by atoms with Crippen LogP contribution in [-0.2, 0) is 95.8 Å². The van der Waals surface area contributed by atoms with E-state index in [-0.39, 0.29) is 78.4 Å². The molecule has 4 atom stereocenters. The first-order chi connectivity index (χ1) is 51.9. The number of para-hydroxylation sites is 3. The molecule has 0 unspecified atom stereocenters. The number of phenolic OH excluding ortho intramolecular Hbond substituents is 1. The number of esters is 6. The number of carbonyl (C=O) groups excluding carboxylic acids is 7. The number of ketones is 1. The minimum atomic E-state index is -1.03. The molecule has 109 heavy (non-hydrogen) atoms. The number of phenols is 1. The van der Waals surface area contributed by atoms with Crippen LogP contribution in [0.4, 0.5) is 0 Å². The summed E-state index contributed by atoms with van der Waals surface area (Å²) in [6.07, 6.45) is 3.98. The third-order valence-corrected chi connectivity index (χ3v) is 15.3. The molecule has 0 amide bonds. The molecule has 0 aliphatic carbocycles. The fraction of sp³-hybridized carbons (Fsp3) is 0.463. The van der Waals surface area contributed by atoms with Crippen molar-refractivity contribution in [3.63, 3.8) is 0 Å². The summed E-state index contributed by atoms with van der Waals surface area (Å²) in [6, 6.07) is 47.4. The van der Waals surface area contributed by atoms with Crippen molar-refractivity contribution in [2.24, 2.45) is 0 Å². The Balaban J connectivity index is 0.000000683. The maximum absolute atomic E-state index is 12.0. The molecule has 6 N–H and O–H groups in total. The van der Waals surface area contributed by atoms with Crippen molar-refractivity contribution in [2.75, 3.05) is 130 Å². The topological polar surface area (TPSA) is 354 Å². The second-order valence-corrected chi connectivity index (χ2v) is 26.3. The van der Waals surface area contributed by atoms with Crippen LogP contribution in [0.1, 0.15) is 93.1 Å². The third kappa shape index (κ3) is 46.2. The number of aliphatic hydroxyl groups is 4. The molecule has 600 valence electrons. The molecule has 2 heterocycles. The fourth-order valence-corrected chi connectivity index (χ4v) is 9.98. The van der Waals surface area contributed by atoms with E-state index in [9.17, 15) is 48.6 Å². The van der Waals surface area contributed by atoms with E-state index < -0.39 is 66.2 Å². The molecule has 0 saturated carbocycles. The number of likely N-dealkylation sites (N-methyl/N-ethyl adjacent to an activating group) is 4. The van der Waals surface area contributed by atoms with Crippen LogP contribution in [0.5, 0.6) is 34.5 Å². The van der Waals surface area contributed by atoms with Gasteiger partial charge in [-0.25, -0.2) is 0 Å². The van der Waals surface area contributed by atoms with Gasteiger partial charge in [0.05, 0.1) is 85.6 Å². The number of aliphatic carboxylic acids is 1. The number of cyclic esters (lactones) is 4. The number of Topliss-reactive ketones (excluding diaryl/α,β-unsaturated/α-hetero) is 1. The lowest BCUT2D eigenvalue weighted by molar-refractivity contribution is -0.154. The van der Waals surface area contributed by atoms with E-state index in [4.69, 9.17) is 53.6 Å². The van der Waals surface area contributed by atoms with Crippen molar-refractivity contribution < 1.29 is 113 Å². The van der Waals surface area contributed by atoms with Crippen LogP contribution in [0.25, 0.3) is 0 Å². The van der Waals surface area contributed by atoms with E-state index in [0.717, 1.165) is 84.0 Å². The molecular formula is C82H115N4O23+. The average Bonchev–Trinajstić information content (AvgIpc) is 1.14. The maximum Gasteiger partial charge on any atom is 1.00 e. The average molecular weight is 1520 g/mol. The highest BCUT2D eigenvalue weighted by Crippen LogP contribution is 2.25. The van der Waals surface area contributed by atoms with Gasteiger partial charge in [-0.15, -0.1) is 0 Å². The summed E-state index contributed by atoms with van der Waals surface area (Å²) >= 11 is 0. The number of rotatable bonds is 36. The van der Waals surface area contributed by atoms with Crippen LogP contribution >= 0.6 is 0 Å². The Morgan fingerprint density at radius 3 is 1.14 bits per heavy atom. The number of carbonyl (C=O) groups is 8. The number of methoxy groups -OCH3 is 3. The van der Waals surface area contributed by atoms with E-state index in [0.29, 0.717) is 38.5 Å². The number of carboxylic acid groups (broad SMARTS) is 1. The lowest BCUT2D eigenvalue weighted by Gasteiger charge is -2.22. The molecule has 6 aromatic rings. The van der Waals surface area contributed by atoms with Gasteiger partial charge in [-0.3, -0.25) is 33.6 Å². The summed E-state index contributed by atoms with van der Waals surface area (Å²) in [6.45, 7) is 3.62. The number of aliphatic hydroxyl groups excluding tert-OH is 4. The van der Waals surface area contributed by atoms with Crippen molar-refractivity contribution in [1.82, 2.24) is 19.6 Å². The smallest absolute Gasteiger partial charge is 0.508 e. The predicted octanol–water partition coefficient (Wildman–Crippen LogP) is 7.70. The fourth-order valence-electron chi connectivity index (χ4n) is 9.98. The summed E-state index contributed by atoms with van der Waals surface area (Å²) in [7, 11) is 20.0. The van der Waals surface area contributed by atoms with Crippen LogP contribution in [0.15, 0.2) is 146 Å². The van der Waals surface area contributed by atoms with Crippen LogP contribution in [0.3, 0.4) is 0 Å². The predicted molar refractivity (Wildman–Crippen MR) is 412 cm³/mol. The number of hydrogen-bond acceptors (Lipinski definition) is 26. The first kappa shape index (κ1) is 95.2. The number of nitrogens with zero attached hydrogens (tertiary/aromatic N) is 4. The zero-order valence-electron chi connectivity index (χ0n) is 66.1. The standard InChI is InChI=1S/C24H31NO6.C20H27NO3.C15H16O2.C10H19NO4.C5H13NO2.2C4H4O3/c1-25(2)16-21(31-24(28)14-13-23(26)27)17-30-22-10-5-4-8-19(22)12-11-18-7-6-9-20(15-18)29-3;1-21(2)14-18(22)15-24-20-10-5-4-8-17(20)12-11-16-7-6-9-19(13-16)23-3;1-17-14-7-4-5-12(11-14)9-10-13-6-2-3-8-15(13)16;1-8(13)4-5-10(14)15-9(7-12)6-11(2)3;1-6(2)3-5(8)4-7;2*5-3-1-2-4(6)7-3/h4-10,15,21H,11-14,16-17H2,1-3H3,(H,26,27);4-10,13,18,22H,11-12,14-15H2,1-3H3;2-8,11,16H,9-10H2,1H3;9,12H,4-7H2,1-3H3;5,7-8H,3-4H2,1-2H3;2*1-2H2/p+1/t21-;18-;;9-;5-;;/m10.00../s1. The highest BCUT2D eigenvalue weighted by atomic mass is 16.6. The molecule has 0 bridgehead atoms. The number of ether oxygens (including phenoxy) is 9. The van der Waals surface area contributed by atoms with Crippen molar-refractivity contribution >= 4 is 47.6 Å². The van der Waals surface area contributed by atoms with Crippen molar-refractivity contribution in [1.29, 1.82) is 0 Å². The van der Waals surface area contributed by atoms with Crippen molar-refractivity contribution in [3.8, 4) is 34.5 Å². The highest BCUT2D eigenvalue weighted by Gasteiger charge is 2.22. The van der Waals surface area contributed by atoms with E-state index in [1.807, 2.05) is 185 Å². The molecule has 27 nitrogen and oxygen atoms in total. The molecule has 0 spiro atoms. The first-order valence-electron chi connectivity index (χ1n) is 35.8. The summed E-state index contributed by atoms with van der Waals surface area (Å²) in [5, 5.41) is 54.3. The first-order valence-corrected chi connectivity index (χ1v) is 35.8. The number of carboxylic acids is 1. The molecule has 2 aliphatic heterocycles. The van der Waals surface area contributed by atoms with Crippen LogP contribution < -0.4 is 23.7 Å². The van der Waals surface area contributed by atoms with Gasteiger partial charge >= 0.3 is 43.2 Å². The van der Waals surface area contributed by atoms with E-state index >= 15 is 0 Å². The summed E-state index contributed by atoms with van der Waals surface area (Å²) < 4.78 is 46.2. The second kappa shape index (κ2) is 55.5. The monoisotopic (exact) mass is 1520 g/mol. The third-order valence-electron chi connectivity index (χ3n) is 15.3. The zero-order valence-corrected chi connectivity index (χ0v) is 65.1. The Bertz CT molecular complexity index is 3590. The van der Waals surface area contributed by atoms with Gasteiger partial charge in [-0.2, -0.15) is 0 Å². The number of aromatic hydroxyl groups is 1. The lowest BCUT2D eigenvalue weighted by Crippen LogP contribution is -2.35. The quantitative estimate of drug-likeness (QED) is 0.0125. The van der Waals surface area contributed by atoms with Crippen molar-refractivity contribution in [3.05, 3.63) is 179 Å². The minimum absolute atomic E-state index is 0. The van der Waals surface area contributed by atoms with Gasteiger partial charge in [0.1, 0.15) is 71.8 Å². The van der Waals surface area contributed by atoms with Crippen LogP contribution in [0.2, 0.25) is 0 Å². The van der Waals surface area contributed by atoms with Gasteiger partial charge in [0.2, 0.25) is 0 Å². The van der Waals surface area contributed by atoms with Gasteiger partial charge in [-0.05, 0) is 190 Å². The Morgan fingerprint density at radius 2 is 0.789 bits per heavy atom. The zero-order chi connectivity index (χ0) is 81.1. The molecule has 27 heteroatoms. The largest absolute Gasteiger partial charge is 1.00 e. The lowest BCUT2D eigenvalue weighted by atomic mass is 10.0. The van der Waals surface area contributed by atoms with Gasteiger partial charge in [0, 0.05) is 32.6 Å². The highest BCUT2D eigenvalue weighted by molar-refractivity contribution is 5.93. The second-order valence-electron chi connectivity index (χ2n) is 26.3. The van der Waals surface area contributed by atoms with E-state index in [2.05, 4.69) is 39.8 Å². The molecule has 2 saturated heterocycles. The molecule has 8 rings (SSSR count). The molecule has 2 aliphatic rings. The Labute approximate surface area is 642 Å². The van der Waals surface area contributed by atoms with Gasteiger partial charge in [0.15, 0.2) is 0 Å². The molecule has 0 aromatic heterocycles. The van der Waals surface area contributed by atoms with Crippen LogP contribution in [-0.4, -0.2) is 253 Å². The Hall–Kier alpha value is -9.84. The Kier molecular flexibility index (Phi) is 48.5. The van der Waals surface area contributed by atoms with Crippen LogP contribution in [0, 0.1) is 0 Å².